The van der Waals surface area contributed by atoms with Gasteiger partial charge in [0.25, 0.3) is 0 Å². The van der Waals surface area contributed by atoms with E-state index in [0.717, 1.165) is 0 Å². The van der Waals surface area contributed by atoms with Gasteiger partial charge < -0.3 is 5.11 Å². The molecule has 0 spiro atoms. The van der Waals surface area contributed by atoms with Crippen LogP contribution in [0, 0.1) is 10.8 Å². The fourth-order valence-electron chi connectivity index (χ4n) is 0.627. The summed E-state index contributed by atoms with van der Waals surface area (Å²) in [5.41, 5.74) is -0.0509. The third-order valence-corrected chi connectivity index (χ3v) is 1.34. The van der Waals surface area contributed by atoms with E-state index in [2.05, 4.69) is 20.8 Å². The van der Waals surface area contributed by atoms with E-state index in [0.29, 0.717) is 5.76 Å². The van der Waals surface area contributed by atoms with Gasteiger partial charge in [0.05, 0.1) is 5.76 Å². The lowest BCUT2D eigenvalue weighted by molar-refractivity contribution is 0.266. The number of hydrogen-bond acceptors (Lipinski definition) is 1. The smallest absolute Gasteiger partial charge is 0.0941 e. The molecule has 0 bridgehead atoms. The summed E-state index contributed by atoms with van der Waals surface area (Å²) in [6.07, 6.45) is 1.91. The number of hydrogen-bond donors (Lipinski definition) is 1. The Hall–Kier alpha value is -0.460. The molecule has 0 aromatic carbocycles. The van der Waals surface area contributed by atoms with Gasteiger partial charge in [-0.25, -0.2) is 0 Å². The van der Waals surface area contributed by atoms with Gasteiger partial charge in [0, 0.05) is 5.41 Å². The van der Waals surface area contributed by atoms with Gasteiger partial charge in [0.2, 0.25) is 0 Å². The summed E-state index contributed by atoms with van der Waals surface area (Å²) in [7, 11) is 0. The number of rotatable bonds is 0. The van der Waals surface area contributed by atoms with Crippen LogP contribution in [0.5, 0.6) is 0 Å². The van der Waals surface area contributed by atoms with Crippen molar-refractivity contribution >= 4 is 0 Å². The van der Waals surface area contributed by atoms with Crippen LogP contribution in [0.3, 0.4) is 0 Å². The largest absolute Gasteiger partial charge is 0.512 e. The van der Waals surface area contributed by atoms with Crippen molar-refractivity contribution < 1.29 is 5.11 Å². The molecule has 0 aliphatic heterocycles. The molecule has 0 radical (unpaired) electrons. The Balaban J connectivity index is 4.49. The zero-order chi connectivity index (χ0) is 9.28. The third-order valence-electron chi connectivity index (χ3n) is 1.34. The molecule has 0 saturated carbocycles. The molecule has 0 aromatic heterocycles. The lowest BCUT2D eigenvalue weighted by Crippen LogP contribution is -2.12. The van der Waals surface area contributed by atoms with E-state index >= 15 is 0 Å². The Labute approximate surface area is 70.1 Å². The Morgan fingerprint density at radius 3 is 1.45 bits per heavy atom. The standard InChI is InChI=1S/C10H20O/c1-9(2,3)7-8(11)10(4,5)6/h7,11H,1-6H3/b8-7+. The van der Waals surface area contributed by atoms with Crippen LogP contribution in [0.4, 0.5) is 0 Å². The fraction of sp³-hybridized carbons (Fsp3) is 0.800. The molecule has 0 atom stereocenters. The van der Waals surface area contributed by atoms with Gasteiger partial charge in [0.1, 0.15) is 0 Å². The maximum Gasteiger partial charge on any atom is 0.0941 e. The quantitative estimate of drug-likeness (QED) is 0.532. The highest BCUT2D eigenvalue weighted by Crippen LogP contribution is 2.27. The molecule has 0 rings (SSSR count). The van der Waals surface area contributed by atoms with Gasteiger partial charge in [0.15, 0.2) is 0 Å². The maximum absolute atomic E-state index is 9.58. The first-order valence-electron chi connectivity index (χ1n) is 4.05. The van der Waals surface area contributed by atoms with Crippen molar-refractivity contribution in [2.75, 3.05) is 0 Å². The minimum Gasteiger partial charge on any atom is -0.512 e. The summed E-state index contributed by atoms with van der Waals surface area (Å²) >= 11 is 0. The molecule has 1 N–H and O–H groups in total. The van der Waals surface area contributed by atoms with Crippen molar-refractivity contribution in [3.05, 3.63) is 11.8 Å². The third kappa shape index (κ3) is 4.88. The number of aliphatic hydroxyl groups excluding tert-OH is 1. The summed E-state index contributed by atoms with van der Waals surface area (Å²) in [6.45, 7) is 12.2. The van der Waals surface area contributed by atoms with E-state index in [-0.39, 0.29) is 10.8 Å². The van der Waals surface area contributed by atoms with E-state index in [4.69, 9.17) is 0 Å². The van der Waals surface area contributed by atoms with Crippen LogP contribution in [0.15, 0.2) is 11.8 Å². The highest BCUT2D eigenvalue weighted by Gasteiger charge is 2.18. The van der Waals surface area contributed by atoms with Crippen LogP contribution >= 0.6 is 0 Å². The molecule has 0 aliphatic carbocycles. The summed E-state index contributed by atoms with van der Waals surface area (Å²) in [5.74, 6) is 0.477. The molecule has 0 unspecified atom stereocenters. The molecule has 0 aromatic rings. The lowest BCUT2D eigenvalue weighted by atomic mass is 9.87. The Morgan fingerprint density at radius 1 is 1.00 bits per heavy atom. The number of allylic oxidation sites excluding steroid dienone is 2. The molecule has 0 saturated heterocycles. The predicted octanol–water partition coefficient (Wildman–Crippen LogP) is 3.52. The Morgan fingerprint density at radius 2 is 1.36 bits per heavy atom. The van der Waals surface area contributed by atoms with Crippen LogP contribution in [0.1, 0.15) is 41.5 Å². The summed E-state index contributed by atoms with van der Waals surface area (Å²) in [5, 5.41) is 9.58. The summed E-state index contributed by atoms with van der Waals surface area (Å²) in [4.78, 5) is 0. The van der Waals surface area contributed by atoms with E-state index in [9.17, 15) is 5.11 Å². The van der Waals surface area contributed by atoms with Crippen molar-refractivity contribution in [3.63, 3.8) is 0 Å². The molecule has 11 heavy (non-hydrogen) atoms. The zero-order valence-corrected chi connectivity index (χ0v) is 8.52. The van der Waals surface area contributed by atoms with Crippen LogP contribution in [0.25, 0.3) is 0 Å². The molecular formula is C10H20O. The lowest BCUT2D eigenvalue weighted by Gasteiger charge is -2.21. The van der Waals surface area contributed by atoms with Crippen molar-refractivity contribution in [1.29, 1.82) is 0 Å². The first-order chi connectivity index (χ1) is 4.63. The van der Waals surface area contributed by atoms with Crippen LogP contribution < -0.4 is 0 Å². The van der Waals surface area contributed by atoms with Crippen molar-refractivity contribution in [2.45, 2.75) is 41.5 Å². The highest BCUT2D eigenvalue weighted by molar-refractivity contribution is 5.05. The van der Waals surface area contributed by atoms with Crippen molar-refractivity contribution in [1.82, 2.24) is 0 Å². The Bertz CT molecular complexity index is 153. The minimum atomic E-state index is -0.118. The topological polar surface area (TPSA) is 20.2 Å². The molecule has 1 heteroatoms. The second-order valence-corrected chi connectivity index (χ2v) is 5.15. The molecule has 0 aliphatic rings. The second kappa shape index (κ2) is 2.88. The average molecular weight is 156 g/mol. The fourth-order valence-corrected chi connectivity index (χ4v) is 0.627. The molecule has 0 fully saturated rings. The predicted molar refractivity (Wildman–Crippen MR) is 49.6 cm³/mol. The van der Waals surface area contributed by atoms with E-state index in [1.807, 2.05) is 26.8 Å². The highest BCUT2D eigenvalue weighted by atomic mass is 16.3. The summed E-state index contributed by atoms with van der Waals surface area (Å²) < 4.78 is 0. The van der Waals surface area contributed by atoms with E-state index < -0.39 is 0 Å². The summed E-state index contributed by atoms with van der Waals surface area (Å²) in [6, 6.07) is 0. The number of aliphatic hydroxyl groups is 1. The van der Waals surface area contributed by atoms with Crippen LogP contribution in [0.2, 0.25) is 0 Å². The average Bonchev–Trinajstić information content (AvgIpc) is 1.56. The molecule has 66 valence electrons. The van der Waals surface area contributed by atoms with Crippen LogP contribution in [-0.4, -0.2) is 5.11 Å². The normalized spacial score (nSPS) is 15.3. The van der Waals surface area contributed by atoms with Gasteiger partial charge >= 0.3 is 0 Å². The first-order valence-corrected chi connectivity index (χ1v) is 4.05. The minimum absolute atomic E-state index is 0.0668. The van der Waals surface area contributed by atoms with Gasteiger partial charge in [-0.3, -0.25) is 0 Å². The maximum atomic E-state index is 9.58. The van der Waals surface area contributed by atoms with E-state index in [1.165, 1.54) is 0 Å². The van der Waals surface area contributed by atoms with E-state index in [1.54, 1.807) is 0 Å². The van der Waals surface area contributed by atoms with Crippen molar-refractivity contribution in [3.8, 4) is 0 Å². The van der Waals surface area contributed by atoms with Gasteiger partial charge in [-0.15, -0.1) is 0 Å². The van der Waals surface area contributed by atoms with Gasteiger partial charge in [-0.2, -0.15) is 0 Å². The molecule has 0 heterocycles. The second-order valence-electron chi connectivity index (χ2n) is 5.15. The zero-order valence-electron chi connectivity index (χ0n) is 8.52. The van der Waals surface area contributed by atoms with Crippen molar-refractivity contribution in [2.24, 2.45) is 10.8 Å². The molecular weight excluding hydrogens is 136 g/mol. The first kappa shape index (κ1) is 10.5. The SMILES string of the molecule is CC(C)(C)/C=C(/O)C(C)(C)C. The van der Waals surface area contributed by atoms with Crippen LogP contribution in [-0.2, 0) is 0 Å². The molecule has 0 amide bonds. The van der Waals surface area contributed by atoms with Gasteiger partial charge in [-0.05, 0) is 11.5 Å². The monoisotopic (exact) mass is 156 g/mol. The molecule has 1 nitrogen and oxygen atoms in total. The van der Waals surface area contributed by atoms with Gasteiger partial charge in [-0.1, -0.05) is 41.5 Å². The Kier molecular flexibility index (Phi) is 2.76.